The lowest BCUT2D eigenvalue weighted by atomic mass is 10.1. The first-order valence-corrected chi connectivity index (χ1v) is 4.54. The summed E-state index contributed by atoms with van der Waals surface area (Å²) in [5.74, 6) is -0.317. The fraction of sp³-hybridized carbons (Fsp3) is 0.400. The van der Waals surface area contributed by atoms with Gasteiger partial charge in [-0.25, -0.2) is 4.39 Å². The minimum absolute atomic E-state index is 0.000521. The Morgan fingerprint density at radius 3 is 2.86 bits per heavy atom. The maximum atomic E-state index is 13.2. The fourth-order valence-corrected chi connectivity index (χ4v) is 1.21. The molecule has 0 radical (unpaired) electrons. The molecule has 0 aliphatic carbocycles. The van der Waals surface area contributed by atoms with Crippen LogP contribution in [0.25, 0.3) is 0 Å². The third-order valence-corrected chi connectivity index (χ3v) is 2.00. The molecule has 0 fully saturated rings. The molecule has 0 saturated carbocycles. The number of aliphatic hydroxyl groups excluding tert-OH is 1. The number of hydrogen-bond acceptors (Lipinski definition) is 3. The Hall–Kier alpha value is -1.13. The summed E-state index contributed by atoms with van der Waals surface area (Å²) >= 11 is 0. The number of halogens is 1. The summed E-state index contributed by atoms with van der Waals surface area (Å²) in [6.45, 7) is 1.96. The summed E-state index contributed by atoms with van der Waals surface area (Å²) in [4.78, 5) is 0. The van der Waals surface area contributed by atoms with Crippen LogP contribution in [0.4, 0.5) is 10.1 Å². The molecule has 1 unspecified atom stereocenters. The first-order valence-electron chi connectivity index (χ1n) is 4.54. The van der Waals surface area contributed by atoms with E-state index in [1.807, 2.05) is 6.92 Å². The molecule has 4 heteroatoms. The van der Waals surface area contributed by atoms with Crippen molar-refractivity contribution in [1.29, 1.82) is 0 Å². The lowest BCUT2D eigenvalue weighted by Gasteiger charge is -2.15. The van der Waals surface area contributed by atoms with Crippen LogP contribution in [0, 0.1) is 5.82 Å². The van der Waals surface area contributed by atoms with Gasteiger partial charge in [0.2, 0.25) is 0 Å². The van der Waals surface area contributed by atoms with Crippen LogP contribution < -0.4 is 11.1 Å². The maximum Gasteiger partial charge on any atom is 0.129 e. The number of nitrogens with one attached hydrogen (secondary N) is 1. The molecule has 4 N–H and O–H groups in total. The van der Waals surface area contributed by atoms with Gasteiger partial charge < -0.3 is 16.2 Å². The molecule has 0 bridgehead atoms. The van der Waals surface area contributed by atoms with Gasteiger partial charge in [0, 0.05) is 23.8 Å². The molecule has 1 aromatic rings. The zero-order valence-electron chi connectivity index (χ0n) is 8.13. The Labute approximate surface area is 82.7 Å². The van der Waals surface area contributed by atoms with E-state index in [2.05, 4.69) is 5.32 Å². The van der Waals surface area contributed by atoms with Crippen molar-refractivity contribution in [3.05, 3.63) is 29.6 Å². The summed E-state index contributed by atoms with van der Waals surface area (Å²) in [6.07, 6.45) is 0. The molecule has 1 rings (SSSR count). The van der Waals surface area contributed by atoms with Crippen molar-refractivity contribution in [2.45, 2.75) is 19.5 Å². The van der Waals surface area contributed by atoms with Crippen LogP contribution in [0.15, 0.2) is 18.2 Å². The van der Waals surface area contributed by atoms with Crippen molar-refractivity contribution >= 4 is 5.69 Å². The lowest BCUT2D eigenvalue weighted by Crippen LogP contribution is -2.21. The SMILES string of the molecule is CC(CO)Nc1cccc(F)c1CN. The standard InChI is InChI=1S/C10H15FN2O/c1-7(6-14)13-10-4-2-3-9(11)8(10)5-12/h2-4,7,13-14H,5-6,12H2,1H3. The van der Waals surface area contributed by atoms with Crippen LogP contribution in [-0.4, -0.2) is 17.8 Å². The van der Waals surface area contributed by atoms with Gasteiger partial charge in [0.15, 0.2) is 0 Å². The van der Waals surface area contributed by atoms with Crippen LogP contribution in [-0.2, 0) is 6.54 Å². The minimum Gasteiger partial charge on any atom is -0.394 e. The van der Waals surface area contributed by atoms with E-state index in [0.717, 1.165) is 0 Å². The van der Waals surface area contributed by atoms with Gasteiger partial charge >= 0.3 is 0 Å². The number of aliphatic hydroxyl groups is 1. The monoisotopic (exact) mass is 198 g/mol. The van der Waals surface area contributed by atoms with Gasteiger partial charge in [0.1, 0.15) is 5.82 Å². The molecule has 0 spiro atoms. The van der Waals surface area contributed by atoms with Crippen LogP contribution in [0.3, 0.4) is 0 Å². The molecule has 0 aromatic heterocycles. The van der Waals surface area contributed by atoms with Gasteiger partial charge in [-0.2, -0.15) is 0 Å². The number of hydrogen-bond donors (Lipinski definition) is 3. The smallest absolute Gasteiger partial charge is 0.129 e. The van der Waals surface area contributed by atoms with Gasteiger partial charge in [0.05, 0.1) is 6.61 Å². The van der Waals surface area contributed by atoms with Gasteiger partial charge in [0.25, 0.3) is 0 Å². The first kappa shape index (κ1) is 10.9. The second kappa shape index (κ2) is 4.93. The van der Waals surface area contributed by atoms with Crippen molar-refractivity contribution in [3.8, 4) is 0 Å². The summed E-state index contributed by atoms with van der Waals surface area (Å²) in [5.41, 5.74) is 6.53. The summed E-state index contributed by atoms with van der Waals surface area (Å²) in [5, 5.41) is 11.8. The largest absolute Gasteiger partial charge is 0.394 e. The van der Waals surface area contributed by atoms with E-state index in [0.29, 0.717) is 11.3 Å². The van der Waals surface area contributed by atoms with Crippen LogP contribution >= 0.6 is 0 Å². The zero-order chi connectivity index (χ0) is 10.6. The third-order valence-electron chi connectivity index (χ3n) is 2.00. The molecule has 78 valence electrons. The molecule has 0 aliphatic rings. The zero-order valence-corrected chi connectivity index (χ0v) is 8.13. The highest BCUT2D eigenvalue weighted by Crippen LogP contribution is 2.18. The van der Waals surface area contributed by atoms with Crippen LogP contribution in [0.5, 0.6) is 0 Å². The predicted molar refractivity (Wildman–Crippen MR) is 54.5 cm³/mol. The number of nitrogens with two attached hydrogens (primary N) is 1. The Kier molecular flexibility index (Phi) is 3.85. The highest BCUT2D eigenvalue weighted by Gasteiger charge is 2.08. The van der Waals surface area contributed by atoms with E-state index in [9.17, 15) is 4.39 Å². The van der Waals surface area contributed by atoms with E-state index >= 15 is 0 Å². The molecule has 1 atom stereocenters. The second-order valence-corrected chi connectivity index (χ2v) is 3.20. The van der Waals surface area contributed by atoms with Gasteiger partial charge in [-0.1, -0.05) is 6.07 Å². The molecule has 0 heterocycles. The van der Waals surface area contributed by atoms with Crippen molar-refractivity contribution < 1.29 is 9.50 Å². The van der Waals surface area contributed by atoms with Gasteiger partial charge in [-0.05, 0) is 19.1 Å². The summed E-state index contributed by atoms with van der Waals surface area (Å²) in [7, 11) is 0. The topological polar surface area (TPSA) is 58.3 Å². The molecule has 14 heavy (non-hydrogen) atoms. The fourth-order valence-electron chi connectivity index (χ4n) is 1.21. The third kappa shape index (κ3) is 2.43. The molecule has 3 nitrogen and oxygen atoms in total. The maximum absolute atomic E-state index is 13.2. The van der Waals surface area contributed by atoms with Crippen LogP contribution in [0.1, 0.15) is 12.5 Å². The van der Waals surface area contributed by atoms with Crippen molar-refractivity contribution in [2.24, 2.45) is 5.73 Å². The van der Waals surface area contributed by atoms with Crippen LogP contribution in [0.2, 0.25) is 0 Å². The highest BCUT2D eigenvalue weighted by molar-refractivity contribution is 5.52. The Balaban J connectivity index is 2.90. The van der Waals surface area contributed by atoms with Crippen molar-refractivity contribution in [3.63, 3.8) is 0 Å². The lowest BCUT2D eigenvalue weighted by molar-refractivity contribution is 0.281. The van der Waals surface area contributed by atoms with E-state index in [1.165, 1.54) is 6.07 Å². The average molecular weight is 198 g/mol. The first-order chi connectivity index (χ1) is 6.69. The quantitative estimate of drug-likeness (QED) is 0.678. The summed E-state index contributed by atoms with van der Waals surface area (Å²) in [6, 6.07) is 4.62. The van der Waals surface area contributed by atoms with E-state index in [1.54, 1.807) is 12.1 Å². The normalized spacial score (nSPS) is 12.6. The number of benzene rings is 1. The second-order valence-electron chi connectivity index (χ2n) is 3.20. The molecule has 0 aliphatic heterocycles. The van der Waals surface area contributed by atoms with E-state index in [-0.39, 0.29) is 25.0 Å². The van der Waals surface area contributed by atoms with Crippen molar-refractivity contribution in [1.82, 2.24) is 0 Å². The van der Waals surface area contributed by atoms with E-state index < -0.39 is 0 Å². The van der Waals surface area contributed by atoms with Crippen molar-refractivity contribution in [2.75, 3.05) is 11.9 Å². The highest BCUT2D eigenvalue weighted by atomic mass is 19.1. The molecular weight excluding hydrogens is 183 g/mol. The molecule has 0 saturated heterocycles. The molecule has 0 amide bonds. The van der Waals surface area contributed by atoms with Gasteiger partial charge in [-0.3, -0.25) is 0 Å². The molecular formula is C10H15FN2O. The minimum atomic E-state index is -0.317. The molecule has 1 aromatic carbocycles. The number of anilines is 1. The van der Waals surface area contributed by atoms with Gasteiger partial charge in [-0.15, -0.1) is 0 Å². The summed E-state index contributed by atoms with van der Waals surface area (Å²) < 4.78 is 13.2. The van der Waals surface area contributed by atoms with E-state index in [4.69, 9.17) is 10.8 Å². The average Bonchev–Trinajstić information content (AvgIpc) is 2.18. The Morgan fingerprint density at radius 2 is 2.29 bits per heavy atom. The Bertz CT molecular complexity index is 304. The predicted octanol–water partition coefficient (Wildman–Crippen LogP) is 1.08. The number of rotatable bonds is 4. The Morgan fingerprint density at radius 1 is 1.57 bits per heavy atom.